The monoisotopic (exact) mass is 337 g/mol. The summed E-state index contributed by atoms with van der Waals surface area (Å²) in [5.74, 6) is 0.339. The number of sulfone groups is 1. The van der Waals surface area contributed by atoms with E-state index in [1.54, 1.807) is 12.3 Å². The number of carbonyl (C=O) groups is 1. The normalized spacial score (nSPS) is 19.8. The van der Waals surface area contributed by atoms with E-state index < -0.39 is 21.9 Å². The van der Waals surface area contributed by atoms with Gasteiger partial charge in [0.15, 0.2) is 9.84 Å². The first-order valence-corrected chi connectivity index (χ1v) is 9.28. The zero-order valence-electron chi connectivity index (χ0n) is 13.1. The molecule has 0 aromatic carbocycles. The van der Waals surface area contributed by atoms with Gasteiger partial charge in [0.2, 0.25) is 0 Å². The maximum Gasteiger partial charge on any atom is 0.340 e. The second-order valence-corrected chi connectivity index (χ2v) is 8.11. The Morgan fingerprint density at radius 2 is 2.22 bits per heavy atom. The molecule has 2 aromatic rings. The number of esters is 1. The van der Waals surface area contributed by atoms with Crippen molar-refractivity contribution in [1.29, 1.82) is 0 Å². The van der Waals surface area contributed by atoms with Gasteiger partial charge in [-0.3, -0.25) is 0 Å². The molecule has 124 valence electrons. The second kappa shape index (κ2) is 5.88. The number of hydrogen-bond acceptors (Lipinski definition) is 5. The molecule has 2 aromatic heterocycles. The van der Waals surface area contributed by atoms with E-state index in [2.05, 4.69) is 0 Å². The lowest BCUT2D eigenvalue weighted by molar-refractivity contribution is 0.0355. The fourth-order valence-electron chi connectivity index (χ4n) is 2.88. The van der Waals surface area contributed by atoms with Crippen LogP contribution in [-0.4, -0.2) is 36.6 Å². The zero-order chi connectivity index (χ0) is 16.6. The Morgan fingerprint density at radius 1 is 1.43 bits per heavy atom. The van der Waals surface area contributed by atoms with Gasteiger partial charge in [0.25, 0.3) is 0 Å². The molecule has 0 saturated carbocycles. The van der Waals surface area contributed by atoms with Crippen LogP contribution in [0, 0.1) is 13.8 Å². The van der Waals surface area contributed by atoms with Crippen LogP contribution in [-0.2, 0) is 21.1 Å². The summed E-state index contributed by atoms with van der Waals surface area (Å²) in [4.78, 5) is 12.3. The average Bonchev–Trinajstić information content (AvgIpc) is 3.16. The quantitative estimate of drug-likeness (QED) is 0.798. The Balaban J connectivity index is 1.76. The molecule has 1 fully saturated rings. The molecule has 6 nitrogen and oxygen atoms in total. The SMILES string of the molecule is Cc1cc(C(=O)O[C@H]2CCS(=O)(=O)C2)c(C)n1Cc1ccco1. The van der Waals surface area contributed by atoms with Gasteiger partial charge in [-0.25, -0.2) is 13.2 Å². The first-order valence-electron chi connectivity index (χ1n) is 7.46. The molecule has 3 rings (SSSR count). The van der Waals surface area contributed by atoms with Crippen molar-refractivity contribution in [2.45, 2.75) is 32.9 Å². The zero-order valence-corrected chi connectivity index (χ0v) is 13.9. The van der Waals surface area contributed by atoms with Gasteiger partial charge in [0, 0.05) is 11.4 Å². The molecule has 1 aliphatic heterocycles. The van der Waals surface area contributed by atoms with Crippen LogP contribution in [0.1, 0.15) is 33.9 Å². The highest BCUT2D eigenvalue weighted by molar-refractivity contribution is 7.91. The number of nitrogens with zero attached hydrogens (tertiary/aromatic N) is 1. The largest absolute Gasteiger partial charge is 0.467 e. The Morgan fingerprint density at radius 3 is 2.83 bits per heavy atom. The van der Waals surface area contributed by atoms with Crippen molar-refractivity contribution in [1.82, 2.24) is 4.57 Å². The van der Waals surface area contributed by atoms with Crippen LogP contribution in [0.3, 0.4) is 0 Å². The predicted molar refractivity (Wildman–Crippen MR) is 84.2 cm³/mol. The van der Waals surface area contributed by atoms with Crippen molar-refractivity contribution in [3.8, 4) is 0 Å². The van der Waals surface area contributed by atoms with Crippen molar-refractivity contribution in [2.75, 3.05) is 11.5 Å². The summed E-state index contributed by atoms with van der Waals surface area (Å²) < 4.78 is 35.6. The molecular weight excluding hydrogens is 318 g/mol. The molecule has 1 aliphatic rings. The molecule has 0 unspecified atom stereocenters. The molecule has 1 atom stereocenters. The standard InChI is InChI=1S/C16H19NO5S/c1-11-8-15(12(2)17(11)9-13-4-3-6-21-13)16(18)22-14-5-7-23(19,20)10-14/h3-4,6,8,14H,5,7,9-10H2,1-2H3/t14-/m0/s1. The Labute approximate surface area is 135 Å². The number of carbonyl (C=O) groups excluding carboxylic acids is 1. The smallest absolute Gasteiger partial charge is 0.340 e. The van der Waals surface area contributed by atoms with Crippen LogP contribution in [0.25, 0.3) is 0 Å². The minimum absolute atomic E-state index is 0.0795. The number of ether oxygens (including phenoxy) is 1. The van der Waals surface area contributed by atoms with Crippen molar-refractivity contribution in [2.24, 2.45) is 0 Å². The summed E-state index contributed by atoms with van der Waals surface area (Å²) in [6.45, 7) is 4.29. The lowest BCUT2D eigenvalue weighted by atomic mass is 10.2. The van der Waals surface area contributed by atoms with Crippen LogP contribution in [0.2, 0.25) is 0 Å². The number of furan rings is 1. The van der Waals surface area contributed by atoms with Gasteiger partial charge < -0.3 is 13.7 Å². The summed E-state index contributed by atoms with van der Waals surface area (Å²) in [7, 11) is -3.07. The first-order chi connectivity index (χ1) is 10.9. The molecule has 23 heavy (non-hydrogen) atoms. The van der Waals surface area contributed by atoms with E-state index in [1.807, 2.05) is 30.5 Å². The molecule has 0 aliphatic carbocycles. The Hall–Kier alpha value is -2.02. The first kappa shape index (κ1) is 15.9. The average molecular weight is 337 g/mol. The lowest BCUT2D eigenvalue weighted by Gasteiger charge is -2.11. The summed E-state index contributed by atoms with van der Waals surface area (Å²) in [6.07, 6.45) is 1.44. The van der Waals surface area contributed by atoms with E-state index in [4.69, 9.17) is 9.15 Å². The van der Waals surface area contributed by atoms with Crippen LogP contribution in [0.15, 0.2) is 28.9 Å². The van der Waals surface area contributed by atoms with E-state index in [0.29, 0.717) is 18.5 Å². The molecule has 0 spiro atoms. The lowest BCUT2D eigenvalue weighted by Crippen LogP contribution is -2.20. The van der Waals surface area contributed by atoms with Crippen molar-refractivity contribution >= 4 is 15.8 Å². The molecule has 0 bridgehead atoms. The summed E-state index contributed by atoms with van der Waals surface area (Å²) >= 11 is 0. The Bertz CT molecular complexity index is 817. The molecule has 7 heteroatoms. The molecule has 0 amide bonds. The van der Waals surface area contributed by atoms with Crippen molar-refractivity contribution < 1.29 is 22.4 Å². The number of rotatable bonds is 4. The fourth-order valence-corrected chi connectivity index (χ4v) is 4.47. The number of aryl methyl sites for hydroxylation is 1. The van der Waals surface area contributed by atoms with Gasteiger partial charge in [0.05, 0.1) is 29.9 Å². The maximum absolute atomic E-state index is 12.3. The van der Waals surface area contributed by atoms with Crippen LogP contribution in [0.4, 0.5) is 0 Å². The third kappa shape index (κ3) is 3.34. The topological polar surface area (TPSA) is 78.5 Å². The van der Waals surface area contributed by atoms with E-state index >= 15 is 0 Å². The van der Waals surface area contributed by atoms with Crippen LogP contribution < -0.4 is 0 Å². The van der Waals surface area contributed by atoms with Gasteiger partial charge in [-0.2, -0.15) is 0 Å². The van der Waals surface area contributed by atoms with Crippen LogP contribution in [0.5, 0.6) is 0 Å². The van der Waals surface area contributed by atoms with Crippen LogP contribution >= 0.6 is 0 Å². The van der Waals surface area contributed by atoms with Gasteiger partial charge in [-0.15, -0.1) is 0 Å². The van der Waals surface area contributed by atoms with Crippen molar-refractivity contribution in [3.05, 3.63) is 47.2 Å². The molecule has 0 radical (unpaired) electrons. The van der Waals surface area contributed by atoms with E-state index in [9.17, 15) is 13.2 Å². The Kier molecular flexibility index (Phi) is 4.06. The maximum atomic E-state index is 12.3. The molecular formula is C16H19NO5S. The predicted octanol–water partition coefficient (Wildman–Crippen LogP) is 2.09. The summed E-state index contributed by atoms with van der Waals surface area (Å²) in [5.41, 5.74) is 2.17. The summed E-state index contributed by atoms with van der Waals surface area (Å²) in [5, 5.41) is 0. The summed E-state index contributed by atoms with van der Waals surface area (Å²) in [6, 6.07) is 5.46. The number of hydrogen-bond donors (Lipinski definition) is 0. The third-order valence-electron chi connectivity index (χ3n) is 4.15. The van der Waals surface area contributed by atoms with E-state index in [1.165, 1.54) is 0 Å². The minimum atomic E-state index is -3.07. The molecule has 3 heterocycles. The van der Waals surface area contributed by atoms with Gasteiger partial charge in [-0.1, -0.05) is 0 Å². The van der Waals surface area contributed by atoms with E-state index in [-0.39, 0.29) is 11.5 Å². The van der Waals surface area contributed by atoms with E-state index in [0.717, 1.165) is 17.1 Å². The molecule has 1 saturated heterocycles. The second-order valence-electron chi connectivity index (χ2n) is 5.88. The van der Waals surface area contributed by atoms with Gasteiger partial charge >= 0.3 is 5.97 Å². The third-order valence-corrected chi connectivity index (χ3v) is 5.89. The highest BCUT2D eigenvalue weighted by Crippen LogP contribution is 2.21. The highest BCUT2D eigenvalue weighted by atomic mass is 32.2. The number of aromatic nitrogens is 1. The van der Waals surface area contributed by atoms with Crippen molar-refractivity contribution in [3.63, 3.8) is 0 Å². The fraction of sp³-hybridized carbons (Fsp3) is 0.438. The van der Waals surface area contributed by atoms with Gasteiger partial charge in [-0.05, 0) is 38.5 Å². The molecule has 0 N–H and O–H groups in total. The minimum Gasteiger partial charge on any atom is -0.467 e. The van der Waals surface area contributed by atoms with Gasteiger partial charge in [0.1, 0.15) is 11.9 Å². The highest BCUT2D eigenvalue weighted by Gasteiger charge is 2.31.